The van der Waals surface area contributed by atoms with Crippen molar-refractivity contribution < 1.29 is 24.8 Å². The van der Waals surface area contributed by atoms with E-state index in [0.717, 1.165) is 43.3 Å². The number of fused-ring (bicyclic) bond motifs is 7. The Morgan fingerprint density at radius 1 is 1.12 bits per heavy atom. The summed E-state index contributed by atoms with van der Waals surface area (Å²) in [4.78, 5) is 0. The molecule has 0 amide bonds. The van der Waals surface area contributed by atoms with Gasteiger partial charge >= 0.3 is 0 Å². The maximum absolute atomic E-state index is 11.7. The second kappa shape index (κ2) is 6.91. The van der Waals surface area contributed by atoms with Crippen LogP contribution < -0.4 is 0 Å². The highest BCUT2D eigenvalue weighted by Crippen LogP contribution is 2.70. The molecule has 4 aliphatic carbocycles. The van der Waals surface area contributed by atoms with Crippen LogP contribution in [0.15, 0.2) is 23.8 Å². The molecule has 178 valence electrons. The van der Waals surface area contributed by atoms with Gasteiger partial charge in [-0.2, -0.15) is 0 Å². The average molecular weight is 445 g/mol. The zero-order valence-corrected chi connectivity index (χ0v) is 19.8. The molecule has 12 unspecified atom stereocenters. The summed E-state index contributed by atoms with van der Waals surface area (Å²) in [7, 11) is 0. The maximum Gasteiger partial charge on any atom is 0.172 e. The molecule has 5 fully saturated rings. The average Bonchev–Trinajstić information content (AvgIpc) is 3.16. The van der Waals surface area contributed by atoms with Gasteiger partial charge in [-0.15, -0.1) is 0 Å². The molecule has 0 bridgehead atoms. The van der Waals surface area contributed by atoms with E-state index in [9.17, 15) is 15.3 Å². The van der Waals surface area contributed by atoms with E-state index in [1.54, 1.807) is 0 Å². The second-order valence-electron chi connectivity index (χ2n) is 12.5. The molecule has 5 heteroatoms. The Labute approximate surface area is 191 Å². The fourth-order valence-corrected chi connectivity index (χ4v) is 9.67. The number of rotatable bonds is 0. The first-order valence-electron chi connectivity index (χ1n) is 12.8. The van der Waals surface area contributed by atoms with Crippen LogP contribution in [-0.2, 0) is 9.47 Å². The minimum Gasteiger partial charge on any atom is -0.393 e. The van der Waals surface area contributed by atoms with E-state index >= 15 is 0 Å². The molecular weight excluding hydrogens is 404 g/mol. The predicted molar refractivity (Wildman–Crippen MR) is 120 cm³/mol. The molecule has 5 nitrogen and oxygen atoms in total. The van der Waals surface area contributed by atoms with Crippen LogP contribution in [0, 0.1) is 40.4 Å². The standard InChI is InChI=1S/C27H40O5/c1-14-7-8-27(31-13-14)15(2)23-21(32-27)11-19-18-6-5-16-9-17(28)10-22(30)26(16,4)24(18)20(29)12-25(19,23)3/h5,15,17-24,28-30H,1,6-13H2,2-4H3. The van der Waals surface area contributed by atoms with Crippen molar-refractivity contribution in [3.8, 4) is 0 Å². The van der Waals surface area contributed by atoms with Gasteiger partial charge in [0.25, 0.3) is 0 Å². The van der Waals surface area contributed by atoms with Gasteiger partial charge in [0.1, 0.15) is 0 Å². The first-order valence-corrected chi connectivity index (χ1v) is 12.8. The molecule has 0 aromatic heterocycles. The molecule has 12 atom stereocenters. The lowest BCUT2D eigenvalue weighted by atomic mass is 9.45. The molecule has 0 radical (unpaired) electrons. The van der Waals surface area contributed by atoms with Crippen molar-refractivity contribution in [3.05, 3.63) is 23.8 Å². The number of aliphatic hydroxyl groups is 3. The van der Waals surface area contributed by atoms with E-state index < -0.39 is 29.5 Å². The lowest BCUT2D eigenvalue weighted by molar-refractivity contribution is -0.257. The predicted octanol–water partition coefficient (Wildman–Crippen LogP) is 3.58. The molecule has 0 aromatic carbocycles. The summed E-state index contributed by atoms with van der Waals surface area (Å²) >= 11 is 0. The molecule has 1 spiro atoms. The summed E-state index contributed by atoms with van der Waals surface area (Å²) in [6.07, 6.45) is 6.52. The van der Waals surface area contributed by atoms with Crippen molar-refractivity contribution in [1.29, 1.82) is 0 Å². The van der Waals surface area contributed by atoms with Gasteiger partial charge < -0.3 is 24.8 Å². The molecule has 2 saturated heterocycles. The Morgan fingerprint density at radius 3 is 2.62 bits per heavy atom. The highest BCUT2D eigenvalue weighted by Gasteiger charge is 2.70. The summed E-state index contributed by atoms with van der Waals surface area (Å²) in [5, 5.41) is 33.1. The third kappa shape index (κ3) is 2.63. The van der Waals surface area contributed by atoms with Gasteiger partial charge in [0.2, 0.25) is 0 Å². The summed E-state index contributed by atoms with van der Waals surface area (Å²) in [5.41, 5.74) is 1.87. The molecule has 0 aromatic rings. The fraction of sp³-hybridized carbons (Fsp3) is 0.852. The third-order valence-electron chi connectivity index (χ3n) is 11.1. The first-order chi connectivity index (χ1) is 15.1. The van der Waals surface area contributed by atoms with E-state index in [-0.39, 0.29) is 17.4 Å². The summed E-state index contributed by atoms with van der Waals surface area (Å²) in [5.74, 6) is 1.03. The van der Waals surface area contributed by atoms with Gasteiger partial charge in [-0.3, -0.25) is 0 Å². The van der Waals surface area contributed by atoms with Crippen LogP contribution in [0.4, 0.5) is 0 Å². The summed E-state index contributed by atoms with van der Waals surface area (Å²) < 4.78 is 13.1. The van der Waals surface area contributed by atoms with Gasteiger partial charge in [0.15, 0.2) is 5.79 Å². The van der Waals surface area contributed by atoms with Crippen molar-refractivity contribution in [1.82, 2.24) is 0 Å². The van der Waals surface area contributed by atoms with Crippen LogP contribution in [0.2, 0.25) is 0 Å². The zero-order valence-electron chi connectivity index (χ0n) is 19.8. The second-order valence-corrected chi connectivity index (χ2v) is 12.5. The first kappa shape index (κ1) is 21.8. The minimum atomic E-state index is -0.604. The van der Waals surface area contributed by atoms with Crippen molar-refractivity contribution in [3.63, 3.8) is 0 Å². The maximum atomic E-state index is 11.7. The monoisotopic (exact) mass is 444 g/mol. The highest BCUT2D eigenvalue weighted by atomic mass is 16.7. The number of ether oxygens (including phenoxy) is 2. The molecular formula is C27H40O5. The lowest BCUT2D eigenvalue weighted by Gasteiger charge is -2.61. The largest absolute Gasteiger partial charge is 0.393 e. The van der Waals surface area contributed by atoms with Gasteiger partial charge in [-0.05, 0) is 61.2 Å². The van der Waals surface area contributed by atoms with Crippen LogP contribution in [-0.4, -0.2) is 52.1 Å². The molecule has 6 aliphatic rings. The Bertz CT molecular complexity index is 841. The van der Waals surface area contributed by atoms with Crippen LogP contribution in [0.3, 0.4) is 0 Å². The Kier molecular flexibility index (Phi) is 4.71. The molecule has 2 aliphatic heterocycles. The quantitative estimate of drug-likeness (QED) is 0.498. The van der Waals surface area contributed by atoms with Crippen LogP contribution in [0.5, 0.6) is 0 Å². The number of aliphatic hydroxyl groups excluding tert-OH is 3. The van der Waals surface area contributed by atoms with Gasteiger partial charge in [0, 0.05) is 24.2 Å². The highest BCUT2D eigenvalue weighted by molar-refractivity contribution is 5.29. The van der Waals surface area contributed by atoms with Crippen molar-refractivity contribution in [2.24, 2.45) is 40.4 Å². The van der Waals surface area contributed by atoms with Crippen LogP contribution >= 0.6 is 0 Å². The van der Waals surface area contributed by atoms with E-state index in [4.69, 9.17) is 9.47 Å². The summed E-state index contributed by atoms with van der Waals surface area (Å²) in [6, 6.07) is 0. The Morgan fingerprint density at radius 2 is 1.91 bits per heavy atom. The topological polar surface area (TPSA) is 79.2 Å². The Hall–Kier alpha value is -0.720. The number of hydrogen-bond acceptors (Lipinski definition) is 5. The van der Waals surface area contributed by atoms with E-state index in [1.807, 2.05) is 0 Å². The SMILES string of the molecule is C=C1CCC2(OC1)OC1CC3C4CC=C5CC(O)CC(O)C5(C)C4C(O)CC3(C)C1C2C. The van der Waals surface area contributed by atoms with Gasteiger partial charge in [-0.25, -0.2) is 0 Å². The lowest BCUT2D eigenvalue weighted by Crippen LogP contribution is -2.60. The smallest absolute Gasteiger partial charge is 0.172 e. The van der Waals surface area contributed by atoms with Gasteiger partial charge in [-0.1, -0.05) is 44.6 Å². The zero-order chi connectivity index (χ0) is 22.6. The fourth-order valence-electron chi connectivity index (χ4n) is 9.67. The summed E-state index contributed by atoms with van der Waals surface area (Å²) in [6.45, 7) is 11.5. The normalized spacial score (nSPS) is 59.2. The van der Waals surface area contributed by atoms with Crippen LogP contribution in [0.25, 0.3) is 0 Å². The molecule has 32 heavy (non-hydrogen) atoms. The van der Waals surface area contributed by atoms with Gasteiger partial charge in [0.05, 0.1) is 31.0 Å². The van der Waals surface area contributed by atoms with Crippen molar-refractivity contribution in [2.45, 2.75) is 95.9 Å². The minimum absolute atomic E-state index is 0.00677. The Balaban J connectivity index is 1.33. The molecule has 6 rings (SSSR count). The number of allylic oxidation sites excluding steroid dienone is 1. The molecule has 3 N–H and O–H groups in total. The van der Waals surface area contributed by atoms with Crippen molar-refractivity contribution >= 4 is 0 Å². The molecule has 2 heterocycles. The molecule has 3 saturated carbocycles. The number of hydrogen-bond donors (Lipinski definition) is 3. The van der Waals surface area contributed by atoms with E-state index in [0.29, 0.717) is 43.1 Å². The third-order valence-corrected chi connectivity index (χ3v) is 11.1. The van der Waals surface area contributed by atoms with Crippen LogP contribution in [0.1, 0.15) is 65.7 Å². The van der Waals surface area contributed by atoms with Crippen molar-refractivity contribution in [2.75, 3.05) is 6.61 Å². The van der Waals surface area contributed by atoms with E-state index in [2.05, 4.69) is 33.4 Å². The van der Waals surface area contributed by atoms with E-state index in [1.165, 1.54) is 0 Å².